The van der Waals surface area contributed by atoms with Crippen LogP contribution < -0.4 is 14.7 Å². The molecule has 0 unspecified atom stereocenters. The van der Waals surface area contributed by atoms with E-state index in [0.29, 0.717) is 0 Å². The number of quaternary nitrogens is 3. The third-order valence-corrected chi connectivity index (χ3v) is 13.6. The molecular weight excluding hydrogens is 906 g/mol. The van der Waals surface area contributed by atoms with Crippen LogP contribution in [0, 0.1) is 0 Å². The van der Waals surface area contributed by atoms with Crippen LogP contribution in [0.25, 0.3) is 0 Å². The Morgan fingerprint density at radius 1 is 0.254 bits per heavy atom. The van der Waals surface area contributed by atoms with Crippen molar-refractivity contribution < 1.29 is 47.7 Å². The Balaban J connectivity index is -0.000000451. The number of hydrogen-bond acceptors (Lipinski definition) is 7. The molecule has 0 aromatic carbocycles. The van der Waals surface area contributed by atoms with Crippen LogP contribution in [0.1, 0.15) is 311 Å². The quantitative estimate of drug-likeness (QED) is 0.0258. The van der Waals surface area contributed by atoms with Crippen molar-refractivity contribution in [3.63, 3.8) is 0 Å². The molecule has 0 spiro atoms. The lowest BCUT2D eigenvalue weighted by Gasteiger charge is -2.36. The number of nitrogens with zero attached hydrogens (tertiary/aromatic N) is 3. The first-order chi connectivity index (χ1) is 33.9. The van der Waals surface area contributed by atoms with Crippen molar-refractivity contribution >= 4 is 7.82 Å². The number of hydroxylamine groups is 9. The second-order valence-corrected chi connectivity index (χ2v) is 23.3. The summed E-state index contributed by atoms with van der Waals surface area (Å²) in [5.74, 6) is 0. The zero-order chi connectivity index (χ0) is 54.1. The Morgan fingerprint density at radius 3 is 0.479 bits per heavy atom. The molecule has 0 bridgehead atoms. The van der Waals surface area contributed by atoms with Gasteiger partial charge < -0.3 is 19.2 Å². The van der Waals surface area contributed by atoms with Gasteiger partial charge in [-0.3, -0.25) is 0 Å². The molecule has 0 N–H and O–H groups in total. The Hall–Kier alpha value is -0.130. The standard InChI is InChI=1S/3C20H44NO.H3O4P/c3*1-5-7-8-9-10-11-12-13-14-15-16-17-18-19-20-21(3,4)22-6-2;1-5(2,3)4/h3*5-20H2,1-4H3;(H3,1,2,3,4)/q3*+1;/p-3. The molecule has 0 amide bonds. The number of hydrogen-bond donors (Lipinski definition) is 0. The summed E-state index contributed by atoms with van der Waals surface area (Å²) >= 11 is 0. The van der Waals surface area contributed by atoms with E-state index in [-0.39, 0.29) is 0 Å². The van der Waals surface area contributed by atoms with Crippen molar-refractivity contribution in [1.29, 1.82) is 0 Å². The van der Waals surface area contributed by atoms with E-state index in [1.54, 1.807) is 0 Å². The van der Waals surface area contributed by atoms with Gasteiger partial charge in [-0.2, -0.15) is 21.8 Å². The van der Waals surface area contributed by atoms with Gasteiger partial charge in [-0.05, 0) is 59.3 Å². The summed E-state index contributed by atoms with van der Waals surface area (Å²) in [6, 6.07) is 0. The molecule has 0 aromatic rings. The van der Waals surface area contributed by atoms with Gasteiger partial charge in [0.05, 0.1) is 42.3 Å². The Labute approximate surface area is 446 Å². The first-order valence-electron chi connectivity index (χ1n) is 31.0. The van der Waals surface area contributed by atoms with Gasteiger partial charge in [0.25, 0.3) is 0 Å². The predicted octanol–water partition coefficient (Wildman–Crippen LogP) is 16.7. The fourth-order valence-corrected chi connectivity index (χ4v) is 9.30. The van der Waals surface area contributed by atoms with E-state index >= 15 is 0 Å². The minimum atomic E-state index is -5.39. The minimum Gasteiger partial charge on any atom is -0.822 e. The molecule has 0 aromatic heterocycles. The highest BCUT2D eigenvalue weighted by Crippen LogP contribution is 2.17. The van der Waals surface area contributed by atoms with Gasteiger partial charge in [0.15, 0.2) is 0 Å². The molecule has 434 valence electrons. The highest BCUT2D eigenvalue weighted by atomic mass is 31.2. The molecule has 0 aliphatic heterocycles. The van der Waals surface area contributed by atoms with E-state index in [1.807, 2.05) is 0 Å². The van der Waals surface area contributed by atoms with Crippen LogP contribution in [0.2, 0.25) is 0 Å². The van der Waals surface area contributed by atoms with Crippen LogP contribution in [0.4, 0.5) is 0 Å². The monoisotopic (exact) mass is 1040 g/mol. The lowest BCUT2D eigenvalue weighted by atomic mass is 10.0. The van der Waals surface area contributed by atoms with Crippen LogP contribution in [-0.2, 0) is 19.1 Å². The minimum absolute atomic E-state index is 0.717. The summed E-state index contributed by atoms with van der Waals surface area (Å²) in [6.45, 7) is 19.0. The largest absolute Gasteiger partial charge is 0.822 e. The SMILES string of the molecule is CCCCCCCCCCCCCCCC[N+](C)(C)OCC.CCCCCCCCCCCCCCCC[N+](C)(C)OCC.CCCCCCCCCCCCCCCC[N+](C)(C)OCC.O=P([O-])([O-])[O-]. The first-order valence-corrected chi connectivity index (χ1v) is 32.5. The van der Waals surface area contributed by atoms with E-state index in [4.69, 9.17) is 33.8 Å². The van der Waals surface area contributed by atoms with E-state index < -0.39 is 7.82 Å². The second-order valence-electron chi connectivity index (χ2n) is 22.4. The number of unbranched alkanes of at least 4 members (excludes halogenated alkanes) is 39. The Morgan fingerprint density at radius 2 is 0.366 bits per heavy atom. The molecule has 0 fully saturated rings. The van der Waals surface area contributed by atoms with E-state index in [9.17, 15) is 0 Å². The molecule has 0 aliphatic carbocycles. The summed E-state index contributed by atoms with van der Waals surface area (Å²) in [5, 5.41) is 0. The van der Waals surface area contributed by atoms with Gasteiger partial charge in [0, 0.05) is 0 Å². The maximum absolute atomic E-state index is 8.55. The molecule has 0 atom stereocenters. The van der Waals surface area contributed by atoms with Gasteiger partial charge in [0.1, 0.15) is 39.5 Å². The average molecular weight is 1040 g/mol. The fourth-order valence-electron chi connectivity index (χ4n) is 9.30. The van der Waals surface area contributed by atoms with Gasteiger partial charge in [0.2, 0.25) is 0 Å². The molecule has 0 saturated carbocycles. The van der Waals surface area contributed by atoms with Crippen molar-refractivity contribution in [1.82, 2.24) is 0 Å². The third kappa shape index (κ3) is 81.4. The summed E-state index contributed by atoms with van der Waals surface area (Å²) in [7, 11) is 7.56. The van der Waals surface area contributed by atoms with Crippen molar-refractivity contribution in [3.8, 4) is 0 Å². The average Bonchev–Trinajstić information content (AvgIpc) is 3.29. The van der Waals surface area contributed by atoms with E-state index in [1.165, 1.54) is 270 Å². The van der Waals surface area contributed by atoms with Gasteiger partial charge in [-0.25, -0.2) is 14.5 Å². The highest BCUT2D eigenvalue weighted by Gasteiger charge is 2.16. The van der Waals surface area contributed by atoms with Gasteiger partial charge in [-0.1, -0.05) is 252 Å². The maximum atomic E-state index is 8.55. The zero-order valence-corrected chi connectivity index (χ0v) is 51.5. The molecule has 11 heteroatoms. The smallest absolute Gasteiger partial charge is 0.108 e. The van der Waals surface area contributed by atoms with Crippen molar-refractivity contribution in [2.24, 2.45) is 0 Å². The van der Waals surface area contributed by atoms with Gasteiger partial charge in [-0.15, -0.1) is 0 Å². The van der Waals surface area contributed by atoms with Crippen LogP contribution in [-0.4, -0.2) is 95.7 Å². The summed E-state index contributed by atoms with van der Waals surface area (Å²) in [4.78, 5) is 42.7. The van der Waals surface area contributed by atoms with Crippen LogP contribution >= 0.6 is 7.82 Å². The predicted molar refractivity (Wildman–Crippen MR) is 304 cm³/mol. The van der Waals surface area contributed by atoms with Crippen molar-refractivity contribution in [2.45, 2.75) is 311 Å². The lowest BCUT2D eigenvalue weighted by Crippen LogP contribution is -2.40. The molecule has 0 aliphatic rings. The van der Waals surface area contributed by atoms with E-state index in [2.05, 4.69) is 83.8 Å². The second kappa shape index (κ2) is 59.1. The van der Waals surface area contributed by atoms with Crippen molar-refractivity contribution in [3.05, 3.63) is 0 Å². The van der Waals surface area contributed by atoms with Crippen LogP contribution in [0.5, 0.6) is 0 Å². The topological polar surface area (TPSA) is 114 Å². The third-order valence-electron chi connectivity index (χ3n) is 13.6. The molecule has 0 radical (unpaired) electrons. The first kappa shape index (κ1) is 77.4. The number of phosphoric acid groups is 1. The van der Waals surface area contributed by atoms with Gasteiger partial charge >= 0.3 is 0 Å². The summed E-state index contributed by atoms with van der Waals surface area (Å²) in [6.07, 6.45) is 59.9. The molecular formula is C60H132N3O7P. The lowest BCUT2D eigenvalue weighted by molar-refractivity contribution is -1.08. The van der Waals surface area contributed by atoms with Crippen molar-refractivity contribution in [2.75, 3.05) is 81.7 Å². The molecule has 0 saturated heterocycles. The Kier molecular flexibility index (Phi) is 64.4. The zero-order valence-electron chi connectivity index (χ0n) is 50.6. The van der Waals surface area contributed by atoms with E-state index in [0.717, 1.165) is 53.4 Å². The molecule has 0 rings (SSSR count). The Bertz CT molecular complexity index is 912. The summed E-state index contributed by atoms with van der Waals surface area (Å²) in [5.41, 5.74) is 0. The number of rotatable bonds is 51. The maximum Gasteiger partial charge on any atom is 0.108 e. The molecule has 0 heterocycles. The normalized spacial score (nSPS) is 12.0. The highest BCUT2D eigenvalue weighted by molar-refractivity contribution is 7.40. The molecule has 71 heavy (non-hydrogen) atoms. The summed E-state index contributed by atoms with van der Waals surface area (Å²) < 4.78 is 10.7. The van der Waals surface area contributed by atoms with Crippen LogP contribution in [0.15, 0.2) is 0 Å². The fraction of sp³-hybridized carbons (Fsp3) is 1.00. The molecule has 10 nitrogen and oxygen atoms in total. The van der Waals surface area contributed by atoms with Crippen LogP contribution in [0.3, 0.4) is 0 Å².